The standard InChI is InChI=1S/C19H13ClN4O2/c20-13-3-1-4-15(11-13)23-19(25)22-14-8-6-12(7-9-14)18-24-17-16(26-18)5-2-10-21-17/h1-11H,(H2,22,23,25). The number of urea groups is 1. The molecule has 2 aromatic heterocycles. The largest absolute Gasteiger partial charge is 0.434 e. The van der Waals surface area contributed by atoms with Gasteiger partial charge >= 0.3 is 6.03 Å². The smallest absolute Gasteiger partial charge is 0.323 e. The average Bonchev–Trinajstić information content (AvgIpc) is 3.06. The zero-order chi connectivity index (χ0) is 17.9. The molecular formula is C19H13ClN4O2. The Morgan fingerprint density at radius 3 is 2.54 bits per heavy atom. The van der Waals surface area contributed by atoms with Crippen LogP contribution in [0.5, 0.6) is 0 Å². The molecule has 128 valence electrons. The molecule has 4 rings (SSSR count). The van der Waals surface area contributed by atoms with Gasteiger partial charge in [-0.2, -0.15) is 4.98 Å². The highest BCUT2D eigenvalue weighted by Crippen LogP contribution is 2.24. The zero-order valence-electron chi connectivity index (χ0n) is 13.4. The molecule has 0 aliphatic rings. The lowest BCUT2D eigenvalue weighted by Crippen LogP contribution is -2.19. The summed E-state index contributed by atoms with van der Waals surface area (Å²) < 4.78 is 5.68. The van der Waals surface area contributed by atoms with Gasteiger partial charge in [0, 0.05) is 28.2 Å². The van der Waals surface area contributed by atoms with Gasteiger partial charge in [0.05, 0.1) is 0 Å². The van der Waals surface area contributed by atoms with Gasteiger partial charge in [0.1, 0.15) is 0 Å². The topological polar surface area (TPSA) is 80.1 Å². The van der Waals surface area contributed by atoms with Crippen LogP contribution >= 0.6 is 11.6 Å². The zero-order valence-corrected chi connectivity index (χ0v) is 14.2. The second-order valence-corrected chi connectivity index (χ2v) is 5.95. The molecule has 2 heterocycles. The van der Waals surface area contributed by atoms with Crippen LogP contribution in [0.1, 0.15) is 0 Å². The maximum absolute atomic E-state index is 12.1. The molecule has 2 aromatic carbocycles. The summed E-state index contributed by atoms with van der Waals surface area (Å²) in [6, 6.07) is 17.4. The fraction of sp³-hybridized carbons (Fsp3) is 0. The second-order valence-electron chi connectivity index (χ2n) is 5.51. The normalized spacial score (nSPS) is 10.7. The van der Waals surface area contributed by atoms with Crippen molar-refractivity contribution in [2.24, 2.45) is 0 Å². The fourth-order valence-electron chi connectivity index (χ4n) is 2.45. The molecular weight excluding hydrogens is 352 g/mol. The lowest BCUT2D eigenvalue weighted by Gasteiger charge is -2.08. The van der Waals surface area contributed by atoms with E-state index in [1.54, 1.807) is 48.7 Å². The highest BCUT2D eigenvalue weighted by atomic mass is 35.5. The van der Waals surface area contributed by atoms with Crippen LogP contribution in [0.15, 0.2) is 71.3 Å². The third-order valence-electron chi connectivity index (χ3n) is 3.64. The van der Waals surface area contributed by atoms with Crippen molar-refractivity contribution in [1.82, 2.24) is 9.97 Å². The van der Waals surface area contributed by atoms with Crippen molar-refractivity contribution in [3.8, 4) is 11.5 Å². The average molecular weight is 365 g/mol. The molecule has 0 atom stereocenters. The number of pyridine rings is 1. The Balaban J connectivity index is 1.46. The minimum Gasteiger partial charge on any atom is -0.434 e. The first-order valence-electron chi connectivity index (χ1n) is 7.83. The molecule has 0 aliphatic carbocycles. The first-order chi connectivity index (χ1) is 12.7. The Morgan fingerprint density at radius 1 is 0.962 bits per heavy atom. The van der Waals surface area contributed by atoms with Gasteiger partial charge in [-0.1, -0.05) is 17.7 Å². The predicted octanol–water partition coefficient (Wildman–Crippen LogP) is 5.19. The first kappa shape index (κ1) is 16.1. The molecule has 26 heavy (non-hydrogen) atoms. The van der Waals surface area contributed by atoms with E-state index >= 15 is 0 Å². The second kappa shape index (κ2) is 6.85. The summed E-state index contributed by atoms with van der Waals surface area (Å²) in [5.41, 5.74) is 3.24. The van der Waals surface area contributed by atoms with Crippen molar-refractivity contribution in [2.45, 2.75) is 0 Å². The van der Waals surface area contributed by atoms with E-state index < -0.39 is 0 Å². The SMILES string of the molecule is O=C(Nc1ccc(-c2nc3ncccc3o2)cc1)Nc1cccc(Cl)c1. The van der Waals surface area contributed by atoms with Crippen molar-refractivity contribution in [3.05, 3.63) is 71.9 Å². The van der Waals surface area contributed by atoms with Crippen molar-refractivity contribution in [3.63, 3.8) is 0 Å². The summed E-state index contributed by atoms with van der Waals surface area (Å²) in [5.74, 6) is 0.480. The number of aromatic nitrogens is 2. The number of oxazole rings is 1. The highest BCUT2D eigenvalue weighted by molar-refractivity contribution is 6.30. The van der Waals surface area contributed by atoms with Crippen molar-refractivity contribution in [2.75, 3.05) is 10.6 Å². The summed E-state index contributed by atoms with van der Waals surface area (Å²) in [7, 11) is 0. The van der Waals surface area contributed by atoms with Gasteiger partial charge < -0.3 is 15.1 Å². The Labute approximate surface area is 153 Å². The van der Waals surface area contributed by atoms with Crippen LogP contribution in [-0.2, 0) is 0 Å². The number of anilines is 2. The maximum Gasteiger partial charge on any atom is 0.323 e. The first-order valence-corrected chi connectivity index (χ1v) is 8.21. The Hall–Kier alpha value is -3.38. The summed E-state index contributed by atoms with van der Waals surface area (Å²) >= 11 is 5.90. The van der Waals surface area contributed by atoms with Gasteiger partial charge in [-0.05, 0) is 54.6 Å². The molecule has 0 bridgehead atoms. The number of amides is 2. The quantitative estimate of drug-likeness (QED) is 0.524. The van der Waals surface area contributed by atoms with E-state index in [4.69, 9.17) is 16.0 Å². The van der Waals surface area contributed by atoms with Crippen LogP contribution in [0, 0.1) is 0 Å². The van der Waals surface area contributed by atoms with E-state index in [2.05, 4.69) is 20.6 Å². The van der Waals surface area contributed by atoms with Crippen molar-refractivity contribution in [1.29, 1.82) is 0 Å². The molecule has 0 saturated carbocycles. The minimum atomic E-state index is -0.355. The summed E-state index contributed by atoms with van der Waals surface area (Å²) in [4.78, 5) is 20.6. The fourth-order valence-corrected chi connectivity index (χ4v) is 2.64. The van der Waals surface area contributed by atoms with Crippen LogP contribution in [0.4, 0.5) is 16.2 Å². The Bertz CT molecular complexity index is 1040. The molecule has 7 heteroatoms. The summed E-state index contributed by atoms with van der Waals surface area (Å²) in [6.07, 6.45) is 1.67. The van der Waals surface area contributed by atoms with Gasteiger partial charge in [0.15, 0.2) is 11.2 Å². The molecule has 0 saturated heterocycles. The molecule has 0 spiro atoms. The number of carbonyl (C=O) groups excluding carboxylic acids is 1. The molecule has 6 nitrogen and oxygen atoms in total. The third kappa shape index (κ3) is 3.50. The van der Waals surface area contributed by atoms with Crippen LogP contribution < -0.4 is 10.6 Å². The van der Waals surface area contributed by atoms with E-state index in [0.717, 1.165) is 5.56 Å². The van der Waals surface area contributed by atoms with Gasteiger partial charge in [-0.3, -0.25) is 0 Å². The number of rotatable bonds is 3. The number of fused-ring (bicyclic) bond motifs is 1. The number of halogens is 1. The van der Waals surface area contributed by atoms with Gasteiger partial charge in [-0.15, -0.1) is 0 Å². The molecule has 4 aromatic rings. The number of nitrogens with zero attached hydrogens (tertiary/aromatic N) is 2. The van der Waals surface area contributed by atoms with E-state index in [1.165, 1.54) is 0 Å². The third-order valence-corrected chi connectivity index (χ3v) is 3.87. The minimum absolute atomic E-state index is 0.355. The van der Waals surface area contributed by atoms with Crippen LogP contribution in [0.2, 0.25) is 5.02 Å². The molecule has 0 radical (unpaired) electrons. The van der Waals surface area contributed by atoms with Crippen LogP contribution in [-0.4, -0.2) is 16.0 Å². The van der Waals surface area contributed by atoms with Crippen molar-refractivity contribution >= 4 is 40.2 Å². The number of benzene rings is 2. The number of carbonyl (C=O) groups is 1. The number of hydrogen-bond acceptors (Lipinski definition) is 4. The van der Waals surface area contributed by atoms with Crippen LogP contribution in [0.3, 0.4) is 0 Å². The molecule has 2 N–H and O–H groups in total. The molecule has 0 fully saturated rings. The summed E-state index contributed by atoms with van der Waals surface area (Å²) in [5, 5.41) is 6.04. The monoisotopic (exact) mass is 364 g/mol. The number of nitrogens with one attached hydrogen (secondary N) is 2. The maximum atomic E-state index is 12.1. The van der Waals surface area contributed by atoms with Gasteiger partial charge in [-0.25, -0.2) is 9.78 Å². The van der Waals surface area contributed by atoms with E-state index in [-0.39, 0.29) is 6.03 Å². The summed E-state index contributed by atoms with van der Waals surface area (Å²) in [6.45, 7) is 0. The molecule has 0 aliphatic heterocycles. The number of hydrogen-bond donors (Lipinski definition) is 2. The van der Waals surface area contributed by atoms with Crippen LogP contribution in [0.25, 0.3) is 22.7 Å². The molecule has 2 amide bonds. The lowest BCUT2D eigenvalue weighted by molar-refractivity contribution is 0.262. The van der Waals surface area contributed by atoms with Crippen molar-refractivity contribution < 1.29 is 9.21 Å². The predicted molar refractivity (Wildman–Crippen MR) is 101 cm³/mol. The van der Waals surface area contributed by atoms with E-state index in [1.807, 2.05) is 18.2 Å². The Kier molecular flexibility index (Phi) is 4.25. The lowest BCUT2D eigenvalue weighted by atomic mass is 10.2. The molecule has 0 unspecified atom stereocenters. The van der Waals surface area contributed by atoms with E-state index in [0.29, 0.717) is 33.5 Å². The Morgan fingerprint density at radius 2 is 1.77 bits per heavy atom. The van der Waals surface area contributed by atoms with Gasteiger partial charge in [0.2, 0.25) is 5.89 Å². The van der Waals surface area contributed by atoms with Gasteiger partial charge in [0.25, 0.3) is 0 Å². The van der Waals surface area contributed by atoms with E-state index in [9.17, 15) is 4.79 Å². The highest BCUT2D eigenvalue weighted by Gasteiger charge is 2.09.